The molecule has 3 rings (SSSR count). The van der Waals surface area contributed by atoms with Gasteiger partial charge in [-0.05, 0) is 42.5 Å². The van der Waals surface area contributed by atoms with E-state index in [0.29, 0.717) is 5.69 Å². The topological polar surface area (TPSA) is 66.5 Å². The number of sulfonamides is 1. The zero-order valence-corrected chi connectivity index (χ0v) is 16.1. The number of halogens is 1. The molecule has 0 fully saturated rings. The van der Waals surface area contributed by atoms with Crippen molar-refractivity contribution in [2.75, 3.05) is 17.1 Å². The van der Waals surface area contributed by atoms with Gasteiger partial charge in [-0.25, -0.2) is 8.42 Å². The molecule has 1 N–H and O–H groups in total. The maximum Gasteiger partial charge on any atom is 0.241 e. The number of nitrogens with one attached hydrogen (secondary N) is 1. The van der Waals surface area contributed by atoms with Crippen molar-refractivity contribution in [2.24, 2.45) is 0 Å². The number of fused-ring (bicyclic) bond motifs is 1. The summed E-state index contributed by atoms with van der Waals surface area (Å²) in [5.74, 6) is -0.350. The molecule has 0 saturated carbocycles. The summed E-state index contributed by atoms with van der Waals surface area (Å²) in [5.41, 5.74) is 2.64. The lowest BCUT2D eigenvalue weighted by Crippen LogP contribution is -2.42. The van der Waals surface area contributed by atoms with Gasteiger partial charge in [-0.2, -0.15) is 0 Å². The van der Waals surface area contributed by atoms with Crippen molar-refractivity contribution in [3.8, 4) is 0 Å². The molecule has 1 aliphatic rings. The molecule has 0 saturated heterocycles. The lowest BCUT2D eigenvalue weighted by molar-refractivity contribution is -0.120. The molecule has 0 aliphatic heterocycles. The van der Waals surface area contributed by atoms with E-state index in [-0.39, 0.29) is 23.5 Å². The molecule has 2 aromatic rings. The fourth-order valence-corrected chi connectivity index (χ4v) is 4.47. The fourth-order valence-electron chi connectivity index (χ4n) is 3.31. The van der Waals surface area contributed by atoms with Crippen molar-refractivity contribution in [2.45, 2.75) is 25.3 Å². The Bertz CT molecular complexity index is 915. The molecule has 0 radical (unpaired) electrons. The molecule has 7 heteroatoms. The van der Waals surface area contributed by atoms with Gasteiger partial charge in [0.15, 0.2) is 0 Å². The molecule has 5 nitrogen and oxygen atoms in total. The van der Waals surface area contributed by atoms with Crippen LogP contribution in [0.2, 0.25) is 5.02 Å². The van der Waals surface area contributed by atoms with Gasteiger partial charge in [0.2, 0.25) is 15.9 Å². The van der Waals surface area contributed by atoms with E-state index in [1.807, 2.05) is 18.2 Å². The highest BCUT2D eigenvalue weighted by molar-refractivity contribution is 7.92. The Hall–Kier alpha value is -2.05. The first-order valence-corrected chi connectivity index (χ1v) is 10.7. The van der Waals surface area contributed by atoms with Crippen molar-refractivity contribution in [3.05, 3.63) is 64.7 Å². The lowest BCUT2D eigenvalue weighted by atomic mass is 9.88. The maximum atomic E-state index is 12.6. The molecule has 0 bridgehead atoms. The standard InChI is InChI=1S/C19H21ClN2O3S/c1-26(24,25)22(18-12-5-4-10-16(18)20)13-19(23)21-17-11-6-8-14-7-2-3-9-15(14)17/h2-5,7,9-10,12,17H,6,8,11,13H2,1H3,(H,21,23)/t17-/m0/s1. The van der Waals surface area contributed by atoms with Gasteiger partial charge in [-0.1, -0.05) is 48.0 Å². The quantitative estimate of drug-likeness (QED) is 0.848. The molecule has 2 aromatic carbocycles. The molecular formula is C19H21ClN2O3S. The summed E-state index contributed by atoms with van der Waals surface area (Å²) in [5, 5.41) is 3.26. The van der Waals surface area contributed by atoms with E-state index in [9.17, 15) is 13.2 Å². The molecule has 138 valence electrons. The summed E-state index contributed by atoms with van der Waals surface area (Å²) in [6.45, 7) is -0.304. The average molecular weight is 393 g/mol. The van der Waals surface area contributed by atoms with E-state index in [2.05, 4.69) is 11.4 Å². The van der Waals surface area contributed by atoms with Crippen molar-refractivity contribution in [1.82, 2.24) is 5.32 Å². The van der Waals surface area contributed by atoms with E-state index < -0.39 is 10.0 Å². The highest BCUT2D eigenvalue weighted by atomic mass is 35.5. The third-order valence-electron chi connectivity index (χ3n) is 4.51. The molecule has 1 aliphatic carbocycles. The smallest absolute Gasteiger partial charge is 0.241 e. The largest absolute Gasteiger partial charge is 0.348 e. The number of rotatable bonds is 5. The van der Waals surface area contributed by atoms with Crippen LogP contribution in [0.5, 0.6) is 0 Å². The summed E-state index contributed by atoms with van der Waals surface area (Å²) in [7, 11) is -3.65. The Morgan fingerprint density at radius 1 is 1.19 bits per heavy atom. The number of benzene rings is 2. The summed E-state index contributed by atoms with van der Waals surface area (Å²) >= 11 is 6.13. The third-order valence-corrected chi connectivity index (χ3v) is 5.96. The van der Waals surface area contributed by atoms with Gasteiger partial charge in [0.1, 0.15) is 6.54 Å². The van der Waals surface area contributed by atoms with Gasteiger partial charge >= 0.3 is 0 Å². The van der Waals surface area contributed by atoms with E-state index in [4.69, 9.17) is 11.6 Å². The molecule has 0 unspecified atom stereocenters. The van der Waals surface area contributed by atoms with Crippen LogP contribution in [0.25, 0.3) is 0 Å². The van der Waals surface area contributed by atoms with Crippen molar-refractivity contribution >= 4 is 33.2 Å². The van der Waals surface area contributed by atoms with Gasteiger partial charge in [0.05, 0.1) is 23.0 Å². The van der Waals surface area contributed by atoms with Crippen molar-refractivity contribution < 1.29 is 13.2 Å². The van der Waals surface area contributed by atoms with Crippen LogP contribution >= 0.6 is 11.6 Å². The summed E-state index contributed by atoms with van der Waals surface area (Å²) in [6, 6.07) is 14.5. The van der Waals surface area contributed by atoms with Gasteiger partial charge < -0.3 is 5.32 Å². The van der Waals surface area contributed by atoms with Crippen LogP contribution in [0.15, 0.2) is 48.5 Å². The number of anilines is 1. The monoisotopic (exact) mass is 392 g/mol. The molecule has 1 atom stereocenters. The second-order valence-electron chi connectivity index (χ2n) is 6.43. The summed E-state index contributed by atoms with van der Waals surface area (Å²) in [6.07, 6.45) is 3.90. The van der Waals surface area contributed by atoms with Gasteiger partial charge in [-0.15, -0.1) is 0 Å². The zero-order chi connectivity index (χ0) is 18.7. The average Bonchev–Trinajstić information content (AvgIpc) is 2.60. The minimum Gasteiger partial charge on any atom is -0.348 e. The minimum atomic E-state index is -3.65. The van der Waals surface area contributed by atoms with Gasteiger partial charge in [0, 0.05) is 0 Å². The maximum absolute atomic E-state index is 12.6. The van der Waals surface area contributed by atoms with Gasteiger partial charge in [-0.3, -0.25) is 9.10 Å². The first-order valence-electron chi connectivity index (χ1n) is 8.45. The zero-order valence-electron chi connectivity index (χ0n) is 14.5. The first kappa shape index (κ1) is 18.7. The first-order chi connectivity index (χ1) is 12.4. The number of hydrogen-bond donors (Lipinski definition) is 1. The number of carbonyl (C=O) groups excluding carboxylic acids is 1. The predicted octanol–water partition coefficient (Wildman–Crippen LogP) is 3.30. The number of para-hydroxylation sites is 1. The Kier molecular flexibility index (Phi) is 5.53. The highest BCUT2D eigenvalue weighted by Gasteiger charge is 2.26. The number of carbonyl (C=O) groups is 1. The number of hydrogen-bond acceptors (Lipinski definition) is 3. The fraction of sp³-hybridized carbons (Fsp3) is 0.316. The Morgan fingerprint density at radius 2 is 1.88 bits per heavy atom. The normalized spacial score (nSPS) is 16.6. The van der Waals surface area contributed by atoms with E-state index in [1.165, 1.54) is 5.56 Å². The van der Waals surface area contributed by atoms with Gasteiger partial charge in [0.25, 0.3) is 0 Å². The molecule has 26 heavy (non-hydrogen) atoms. The van der Waals surface area contributed by atoms with Crippen LogP contribution in [-0.4, -0.2) is 27.1 Å². The van der Waals surface area contributed by atoms with E-state index >= 15 is 0 Å². The second-order valence-corrected chi connectivity index (χ2v) is 8.75. The lowest BCUT2D eigenvalue weighted by Gasteiger charge is -2.28. The molecular weight excluding hydrogens is 372 g/mol. The van der Waals surface area contributed by atoms with Crippen molar-refractivity contribution in [1.29, 1.82) is 0 Å². The molecule has 0 heterocycles. The van der Waals surface area contributed by atoms with Crippen LogP contribution in [0, 0.1) is 0 Å². The number of amides is 1. The van der Waals surface area contributed by atoms with Crippen LogP contribution < -0.4 is 9.62 Å². The number of aryl methyl sites for hydroxylation is 1. The van der Waals surface area contributed by atoms with E-state index in [0.717, 1.165) is 35.4 Å². The van der Waals surface area contributed by atoms with Crippen molar-refractivity contribution in [3.63, 3.8) is 0 Å². The minimum absolute atomic E-state index is 0.0971. The Labute approximate surface area is 159 Å². The molecule has 0 spiro atoms. The molecule has 0 aromatic heterocycles. The number of nitrogens with zero attached hydrogens (tertiary/aromatic N) is 1. The second kappa shape index (κ2) is 7.68. The molecule has 1 amide bonds. The summed E-state index contributed by atoms with van der Waals surface area (Å²) < 4.78 is 25.4. The third kappa shape index (κ3) is 4.19. The van der Waals surface area contributed by atoms with Crippen LogP contribution in [-0.2, 0) is 21.2 Å². The van der Waals surface area contributed by atoms with Crippen LogP contribution in [0.1, 0.15) is 30.0 Å². The Morgan fingerprint density at radius 3 is 2.62 bits per heavy atom. The summed E-state index contributed by atoms with van der Waals surface area (Å²) in [4.78, 5) is 12.6. The predicted molar refractivity (Wildman–Crippen MR) is 104 cm³/mol. The van der Waals surface area contributed by atoms with Crippen LogP contribution in [0.4, 0.5) is 5.69 Å². The van der Waals surface area contributed by atoms with Crippen LogP contribution in [0.3, 0.4) is 0 Å². The highest BCUT2D eigenvalue weighted by Crippen LogP contribution is 2.30. The van der Waals surface area contributed by atoms with E-state index in [1.54, 1.807) is 24.3 Å². The Balaban J connectivity index is 1.79. The SMILES string of the molecule is CS(=O)(=O)N(CC(=O)N[C@H]1CCCc2ccccc21)c1ccccc1Cl.